The van der Waals surface area contributed by atoms with Crippen LogP contribution in [0.3, 0.4) is 0 Å². The van der Waals surface area contributed by atoms with Gasteiger partial charge in [-0.05, 0) is 33.1 Å². The maximum absolute atomic E-state index is 11.4. The Kier molecular flexibility index (Phi) is 3.98. The van der Waals surface area contributed by atoms with E-state index in [-0.39, 0.29) is 17.6 Å². The molecule has 84 valence electrons. The highest BCUT2D eigenvalue weighted by Crippen LogP contribution is 2.19. The van der Waals surface area contributed by atoms with Crippen molar-refractivity contribution in [3.05, 3.63) is 0 Å². The lowest BCUT2D eigenvalue weighted by molar-refractivity contribution is 0.0473. The summed E-state index contributed by atoms with van der Waals surface area (Å²) in [4.78, 5) is 11.4. The molecule has 3 nitrogen and oxygen atoms in total. The number of nitrogens with one attached hydrogen (secondary N) is 1. The Balaban J connectivity index is 4.09. The van der Waals surface area contributed by atoms with Gasteiger partial charge in [-0.15, -0.1) is 0 Å². The average molecular weight is 201 g/mol. The summed E-state index contributed by atoms with van der Waals surface area (Å²) in [5.41, 5.74) is -0.376. The molecule has 0 aliphatic carbocycles. The highest BCUT2D eigenvalue weighted by molar-refractivity contribution is 5.68. The van der Waals surface area contributed by atoms with E-state index in [1.807, 2.05) is 27.7 Å². The Bertz CT molecular complexity index is 198. The molecule has 0 radical (unpaired) electrons. The van der Waals surface area contributed by atoms with Crippen LogP contribution in [0, 0.1) is 5.41 Å². The van der Waals surface area contributed by atoms with Gasteiger partial charge < -0.3 is 10.1 Å². The van der Waals surface area contributed by atoms with Gasteiger partial charge in [0.2, 0.25) is 0 Å². The van der Waals surface area contributed by atoms with Crippen LogP contribution in [0.5, 0.6) is 0 Å². The van der Waals surface area contributed by atoms with Gasteiger partial charge in [-0.1, -0.05) is 20.8 Å². The number of rotatable bonds is 1. The van der Waals surface area contributed by atoms with Crippen molar-refractivity contribution in [3.8, 4) is 0 Å². The molecular weight excluding hydrogens is 178 g/mol. The Hall–Kier alpha value is -0.730. The normalized spacial score (nSPS) is 14.8. The molecule has 0 saturated carbocycles. The quantitative estimate of drug-likeness (QED) is 0.708. The van der Waals surface area contributed by atoms with Gasteiger partial charge >= 0.3 is 6.09 Å². The standard InChI is InChI=1S/C11H23NO2/c1-8(10(2,3)4)12-9(13)14-11(5,6)7/h8H,1-7H3,(H,12,13)/t8-/m1/s1. The topological polar surface area (TPSA) is 38.3 Å². The second kappa shape index (κ2) is 4.20. The molecule has 0 unspecified atom stereocenters. The minimum Gasteiger partial charge on any atom is -0.444 e. The maximum atomic E-state index is 11.4. The first kappa shape index (κ1) is 13.3. The minimum atomic E-state index is -0.429. The number of hydrogen-bond donors (Lipinski definition) is 1. The minimum absolute atomic E-state index is 0.0525. The largest absolute Gasteiger partial charge is 0.444 e. The SMILES string of the molecule is C[C@@H](NC(=O)OC(C)(C)C)C(C)(C)C. The van der Waals surface area contributed by atoms with Crippen LogP contribution in [-0.2, 0) is 4.74 Å². The summed E-state index contributed by atoms with van der Waals surface area (Å²) in [6.45, 7) is 13.8. The first-order chi connectivity index (χ1) is 6.02. The fourth-order valence-corrected chi connectivity index (χ4v) is 0.701. The zero-order valence-electron chi connectivity index (χ0n) is 10.4. The first-order valence-electron chi connectivity index (χ1n) is 5.02. The maximum Gasteiger partial charge on any atom is 0.407 e. The fraction of sp³-hybridized carbons (Fsp3) is 0.909. The lowest BCUT2D eigenvalue weighted by Gasteiger charge is -2.29. The van der Waals surface area contributed by atoms with Crippen molar-refractivity contribution in [1.29, 1.82) is 0 Å². The van der Waals surface area contributed by atoms with Crippen molar-refractivity contribution in [2.75, 3.05) is 0 Å². The molecule has 0 aliphatic rings. The molecule has 1 amide bonds. The number of alkyl carbamates (subject to hydrolysis) is 1. The highest BCUT2D eigenvalue weighted by atomic mass is 16.6. The molecule has 0 aromatic heterocycles. The van der Waals surface area contributed by atoms with Crippen LogP contribution in [0.25, 0.3) is 0 Å². The molecule has 0 bridgehead atoms. The van der Waals surface area contributed by atoms with E-state index in [9.17, 15) is 4.79 Å². The van der Waals surface area contributed by atoms with Crippen LogP contribution in [-0.4, -0.2) is 17.7 Å². The van der Waals surface area contributed by atoms with Crippen molar-refractivity contribution < 1.29 is 9.53 Å². The van der Waals surface area contributed by atoms with Gasteiger partial charge in [0.05, 0.1) is 0 Å². The summed E-state index contributed by atoms with van der Waals surface area (Å²) in [7, 11) is 0. The molecule has 0 heterocycles. The predicted octanol–water partition coefficient (Wildman–Crippen LogP) is 2.95. The zero-order chi connectivity index (χ0) is 11.6. The van der Waals surface area contributed by atoms with E-state index in [0.717, 1.165) is 0 Å². The van der Waals surface area contributed by atoms with Gasteiger partial charge in [-0.2, -0.15) is 0 Å². The number of hydrogen-bond acceptors (Lipinski definition) is 2. The fourth-order valence-electron chi connectivity index (χ4n) is 0.701. The summed E-state index contributed by atoms with van der Waals surface area (Å²) in [6.07, 6.45) is -0.347. The molecule has 0 saturated heterocycles. The van der Waals surface area contributed by atoms with Crippen LogP contribution < -0.4 is 5.32 Å². The van der Waals surface area contributed by atoms with E-state index < -0.39 is 5.60 Å². The van der Waals surface area contributed by atoms with E-state index in [2.05, 4.69) is 26.1 Å². The first-order valence-corrected chi connectivity index (χ1v) is 5.02. The summed E-state index contributed by atoms with van der Waals surface area (Å²) in [6, 6.07) is 0.0948. The molecule has 0 aromatic rings. The molecule has 0 rings (SSSR count). The zero-order valence-corrected chi connectivity index (χ0v) is 10.4. The van der Waals surface area contributed by atoms with Crippen molar-refractivity contribution in [3.63, 3.8) is 0 Å². The lowest BCUT2D eigenvalue weighted by atomic mass is 9.88. The number of amides is 1. The second-order valence-electron chi connectivity index (χ2n) is 5.73. The van der Waals surface area contributed by atoms with E-state index >= 15 is 0 Å². The average Bonchev–Trinajstić information content (AvgIpc) is 1.79. The third-order valence-corrected chi connectivity index (χ3v) is 2.03. The molecule has 14 heavy (non-hydrogen) atoms. The Morgan fingerprint density at radius 2 is 1.57 bits per heavy atom. The van der Waals surface area contributed by atoms with Gasteiger partial charge in [0.1, 0.15) is 5.60 Å². The number of carbonyl (C=O) groups excluding carboxylic acids is 1. The van der Waals surface area contributed by atoms with Gasteiger partial charge in [-0.25, -0.2) is 4.79 Å². The van der Waals surface area contributed by atoms with Crippen LogP contribution in [0.1, 0.15) is 48.5 Å². The molecule has 0 aliphatic heterocycles. The van der Waals surface area contributed by atoms with Crippen LogP contribution in [0.15, 0.2) is 0 Å². The van der Waals surface area contributed by atoms with Crippen LogP contribution in [0.4, 0.5) is 4.79 Å². The van der Waals surface area contributed by atoms with Crippen molar-refractivity contribution in [2.24, 2.45) is 5.41 Å². The molecule has 0 aromatic carbocycles. The summed E-state index contributed by atoms with van der Waals surface area (Å²) < 4.78 is 5.15. The summed E-state index contributed by atoms with van der Waals surface area (Å²) >= 11 is 0. The van der Waals surface area contributed by atoms with Gasteiger partial charge in [-0.3, -0.25) is 0 Å². The van der Waals surface area contributed by atoms with E-state index in [1.54, 1.807) is 0 Å². The summed E-state index contributed by atoms with van der Waals surface area (Å²) in [5, 5.41) is 2.82. The third kappa shape index (κ3) is 5.84. The van der Waals surface area contributed by atoms with E-state index in [0.29, 0.717) is 0 Å². The Labute approximate surface area is 87.2 Å². The Morgan fingerprint density at radius 3 is 1.86 bits per heavy atom. The number of carbonyl (C=O) groups is 1. The molecule has 1 N–H and O–H groups in total. The second-order valence-corrected chi connectivity index (χ2v) is 5.73. The highest BCUT2D eigenvalue weighted by Gasteiger charge is 2.24. The van der Waals surface area contributed by atoms with Gasteiger partial charge in [0.15, 0.2) is 0 Å². The smallest absolute Gasteiger partial charge is 0.407 e. The molecule has 3 heteroatoms. The molecule has 0 spiro atoms. The summed E-state index contributed by atoms with van der Waals surface area (Å²) in [5.74, 6) is 0. The predicted molar refractivity (Wildman–Crippen MR) is 58.3 cm³/mol. The van der Waals surface area contributed by atoms with E-state index in [4.69, 9.17) is 4.74 Å². The Morgan fingerprint density at radius 1 is 1.14 bits per heavy atom. The van der Waals surface area contributed by atoms with Crippen molar-refractivity contribution >= 4 is 6.09 Å². The number of ether oxygens (including phenoxy) is 1. The van der Waals surface area contributed by atoms with Crippen molar-refractivity contribution in [2.45, 2.75) is 60.1 Å². The van der Waals surface area contributed by atoms with Crippen LogP contribution >= 0.6 is 0 Å². The molecule has 1 atom stereocenters. The molecular formula is C11H23NO2. The lowest BCUT2D eigenvalue weighted by Crippen LogP contribution is -2.43. The monoisotopic (exact) mass is 201 g/mol. The van der Waals surface area contributed by atoms with E-state index in [1.165, 1.54) is 0 Å². The van der Waals surface area contributed by atoms with Crippen molar-refractivity contribution in [1.82, 2.24) is 5.32 Å². The van der Waals surface area contributed by atoms with Gasteiger partial charge in [0.25, 0.3) is 0 Å². The van der Waals surface area contributed by atoms with Gasteiger partial charge in [0, 0.05) is 6.04 Å². The third-order valence-electron chi connectivity index (χ3n) is 2.03. The van der Waals surface area contributed by atoms with Crippen LogP contribution in [0.2, 0.25) is 0 Å². The molecule has 0 fully saturated rings.